The lowest BCUT2D eigenvalue weighted by molar-refractivity contribution is -0.384. The Morgan fingerprint density at radius 1 is 0.903 bits per heavy atom. The fourth-order valence-electron chi connectivity index (χ4n) is 2.16. The van der Waals surface area contributed by atoms with Crippen LogP contribution < -0.4 is 16.2 Å². The van der Waals surface area contributed by atoms with Gasteiger partial charge in [0.25, 0.3) is 17.5 Å². The number of hydrogen-bond acceptors (Lipinski definition) is 7. The number of nitrogens with zero attached hydrogens (tertiary/aromatic N) is 1. The van der Waals surface area contributed by atoms with Crippen LogP contribution in [0.5, 0.6) is 0 Å². The van der Waals surface area contributed by atoms with Crippen LogP contribution in [0.2, 0.25) is 0 Å². The van der Waals surface area contributed by atoms with Crippen LogP contribution in [0.4, 0.5) is 11.4 Å². The second kappa shape index (κ2) is 11.4. The highest BCUT2D eigenvalue weighted by molar-refractivity contribution is 9.10. The number of nitrogens with one attached hydrogen (secondary N) is 3. The summed E-state index contributed by atoms with van der Waals surface area (Å²) in [5.41, 5.74) is 4.82. The van der Waals surface area contributed by atoms with Crippen LogP contribution in [0.25, 0.3) is 0 Å². The van der Waals surface area contributed by atoms with E-state index in [2.05, 4.69) is 32.1 Å². The van der Waals surface area contributed by atoms with Gasteiger partial charge in [0.2, 0.25) is 5.91 Å². The zero-order valence-corrected chi connectivity index (χ0v) is 17.5. The first kappa shape index (κ1) is 23.5. The molecule has 11 nitrogen and oxygen atoms in total. The summed E-state index contributed by atoms with van der Waals surface area (Å²) < 4.78 is 5.53. The van der Waals surface area contributed by atoms with Gasteiger partial charge < -0.3 is 10.1 Å². The van der Waals surface area contributed by atoms with Crippen molar-refractivity contribution in [1.82, 2.24) is 10.9 Å². The first-order valence-corrected chi connectivity index (χ1v) is 9.58. The van der Waals surface area contributed by atoms with Crippen molar-refractivity contribution < 1.29 is 28.8 Å². The summed E-state index contributed by atoms with van der Waals surface area (Å²) in [6.07, 6.45) is -0.491. The predicted molar refractivity (Wildman–Crippen MR) is 112 cm³/mol. The minimum absolute atomic E-state index is 0.118. The van der Waals surface area contributed by atoms with Gasteiger partial charge in [0.05, 0.1) is 11.3 Å². The largest absolute Gasteiger partial charge is 0.455 e. The molecule has 0 saturated heterocycles. The number of carbonyl (C=O) groups excluding carboxylic acids is 4. The van der Waals surface area contributed by atoms with Crippen LogP contribution in [0.15, 0.2) is 53.0 Å². The van der Waals surface area contributed by atoms with Crippen molar-refractivity contribution in [3.8, 4) is 0 Å². The van der Waals surface area contributed by atoms with E-state index in [0.29, 0.717) is 11.3 Å². The quantitative estimate of drug-likeness (QED) is 0.289. The molecule has 0 radical (unpaired) electrons. The first-order valence-electron chi connectivity index (χ1n) is 8.79. The number of benzene rings is 2. The van der Waals surface area contributed by atoms with Gasteiger partial charge in [0.1, 0.15) is 0 Å². The number of nitro benzene ring substituents is 1. The van der Waals surface area contributed by atoms with E-state index in [0.717, 1.165) is 4.47 Å². The molecule has 31 heavy (non-hydrogen) atoms. The molecule has 12 heteroatoms. The molecule has 2 rings (SSSR count). The van der Waals surface area contributed by atoms with E-state index in [4.69, 9.17) is 4.74 Å². The average Bonchev–Trinajstić information content (AvgIpc) is 2.75. The van der Waals surface area contributed by atoms with Crippen LogP contribution in [-0.2, 0) is 19.1 Å². The Morgan fingerprint density at radius 2 is 1.55 bits per heavy atom. The van der Waals surface area contributed by atoms with Crippen molar-refractivity contribution in [1.29, 1.82) is 0 Å². The van der Waals surface area contributed by atoms with Gasteiger partial charge in [-0.3, -0.25) is 40.1 Å². The number of non-ortho nitro benzene ring substituents is 1. The van der Waals surface area contributed by atoms with Crippen LogP contribution in [0, 0.1) is 10.1 Å². The molecular formula is C19H17BrN4O7. The fourth-order valence-corrected chi connectivity index (χ4v) is 2.42. The third kappa shape index (κ3) is 8.22. The molecule has 3 N–H and O–H groups in total. The number of rotatable bonds is 8. The number of ether oxygens (including phenoxy) is 1. The van der Waals surface area contributed by atoms with Crippen molar-refractivity contribution in [3.63, 3.8) is 0 Å². The molecule has 0 heterocycles. The number of amides is 3. The number of anilines is 1. The highest BCUT2D eigenvalue weighted by Gasteiger charge is 2.12. The van der Waals surface area contributed by atoms with Crippen molar-refractivity contribution in [2.24, 2.45) is 0 Å². The topological polar surface area (TPSA) is 157 Å². The Balaban J connectivity index is 1.64. The molecule has 0 aliphatic rings. The van der Waals surface area contributed by atoms with Crippen LogP contribution in [0.1, 0.15) is 23.2 Å². The molecule has 0 aliphatic heterocycles. The Bertz CT molecular complexity index is 978. The summed E-state index contributed by atoms with van der Waals surface area (Å²) >= 11 is 3.24. The third-order valence-corrected chi connectivity index (χ3v) is 4.23. The summed E-state index contributed by atoms with van der Waals surface area (Å²) in [5.74, 6) is -2.59. The standard InChI is InChI=1S/C19H17BrN4O7/c20-13-3-1-12(2-4-13)19(28)23-22-17(26)11-31-18(27)10-9-16(25)21-14-5-7-15(8-6-14)24(29)30/h1-8H,9-11H2,(H,21,25)(H,22,26)(H,23,28). The normalized spacial score (nSPS) is 9.97. The van der Waals surface area contributed by atoms with Gasteiger partial charge in [-0.1, -0.05) is 15.9 Å². The molecule has 3 amide bonds. The molecule has 0 aromatic heterocycles. The number of halogens is 1. The predicted octanol–water partition coefficient (Wildman–Crippen LogP) is 2.08. The molecule has 2 aromatic rings. The SMILES string of the molecule is O=C(COC(=O)CCC(=O)Nc1ccc([N+](=O)[O-])cc1)NNC(=O)c1ccc(Br)cc1. The molecule has 0 saturated carbocycles. The van der Waals surface area contributed by atoms with Crippen LogP contribution >= 0.6 is 15.9 Å². The summed E-state index contributed by atoms with van der Waals surface area (Å²) in [5, 5.41) is 13.1. The third-order valence-electron chi connectivity index (χ3n) is 3.70. The number of nitro groups is 1. The van der Waals surface area contributed by atoms with Gasteiger partial charge >= 0.3 is 5.97 Å². The van der Waals surface area contributed by atoms with E-state index in [1.54, 1.807) is 24.3 Å². The number of esters is 1. The number of carbonyl (C=O) groups is 4. The monoisotopic (exact) mass is 492 g/mol. The smallest absolute Gasteiger partial charge is 0.306 e. The summed E-state index contributed by atoms with van der Waals surface area (Å²) in [7, 11) is 0. The molecule has 2 aromatic carbocycles. The minimum atomic E-state index is -0.784. The van der Waals surface area contributed by atoms with Crippen molar-refractivity contribution >= 4 is 51.0 Å². The van der Waals surface area contributed by atoms with E-state index < -0.39 is 35.2 Å². The Labute approximate surface area is 184 Å². The highest BCUT2D eigenvalue weighted by Crippen LogP contribution is 2.15. The summed E-state index contributed by atoms with van der Waals surface area (Å²) in [6, 6.07) is 11.6. The Kier molecular flexibility index (Phi) is 8.64. The number of hydrogen-bond donors (Lipinski definition) is 3. The van der Waals surface area contributed by atoms with Gasteiger partial charge in [-0.15, -0.1) is 0 Å². The van der Waals surface area contributed by atoms with Crippen LogP contribution in [0.3, 0.4) is 0 Å². The van der Waals surface area contributed by atoms with E-state index in [1.165, 1.54) is 24.3 Å². The molecule has 0 aliphatic carbocycles. The van der Waals surface area contributed by atoms with Gasteiger partial charge in [-0.25, -0.2) is 0 Å². The molecule has 0 unspecified atom stereocenters. The second-order valence-electron chi connectivity index (χ2n) is 6.02. The maximum absolute atomic E-state index is 11.9. The lowest BCUT2D eigenvalue weighted by Gasteiger charge is -2.08. The van der Waals surface area contributed by atoms with E-state index in [1.807, 2.05) is 0 Å². The van der Waals surface area contributed by atoms with Crippen LogP contribution in [-0.4, -0.2) is 35.2 Å². The van der Waals surface area contributed by atoms with Crippen molar-refractivity contribution in [3.05, 3.63) is 68.7 Å². The molecule has 162 valence electrons. The molecule has 0 fully saturated rings. The fraction of sp³-hybridized carbons (Fsp3) is 0.158. The summed E-state index contributed by atoms with van der Waals surface area (Å²) in [6.45, 7) is -0.635. The van der Waals surface area contributed by atoms with E-state index in [-0.39, 0.29) is 18.5 Å². The lowest BCUT2D eigenvalue weighted by Crippen LogP contribution is -2.43. The average molecular weight is 493 g/mol. The maximum Gasteiger partial charge on any atom is 0.306 e. The van der Waals surface area contributed by atoms with Crippen molar-refractivity contribution in [2.45, 2.75) is 12.8 Å². The lowest BCUT2D eigenvalue weighted by atomic mass is 10.2. The maximum atomic E-state index is 11.9. The van der Waals surface area contributed by atoms with E-state index >= 15 is 0 Å². The Hall–Kier alpha value is -3.80. The van der Waals surface area contributed by atoms with E-state index in [9.17, 15) is 29.3 Å². The second-order valence-corrected chi connectivity index (χ2v) is 6.94. The Morgan fingerprint density at radius 3 is 2.16 bits per heavy atom. The molecular weight excluding hydrogens is 476 g/mol. The molecule has 0 atom stereocenters. The number of hydrazine groups is 1. The zero-order valence-electron chi connectivity index (χ0n) is 15.9. The van der Waals surface area contributed by atoms with Gasteiger partial charge in [-0.05, 0) is 36.4 Å². The summed E-state index contributed by atoms with van der Waals surface area (Å²) in [4.78, 5) is 57.0. The van der Waals surface area contributed by atoms with Gasteiger partial charge in [0, 0.05) is 34.3 Å². The first-order chi connectivity index (χ1) is 14.7. The van der Waals surface area contributed by atoms with Gasteiger partial charge in [-0.2, -0.15) is 0 Å². The van der Waals surface area contributed by atoms with Crippen molar-refractivity contribution in [2.75, 3.05) is 11.9 Å². The van der Waals surface area contributed by atoms with Gasteiger partial charge in [0.15, 0.2) is 6.61 Å². The zero-order chi connectivity index (χ0) is 22.8. The molecule has 0 spiro atoms. The molecule has 0 bridgehead atoms. The minimum Gasteiger partial charge on any atom is -0.455 e. The highest BCUT2D eigenvalue weighted by atomic mass is 79.9.